The average molecular weight is 427 g/mol. The van der Waals surface area contributed by atoms with Gasteiger partial charge in [-0.1, -0.05) is 44.5 Å². The van der Waals surface area contributed by atoms with Gasteiger partial charge in [0.25, 0.3) is 5.91 Å². The number of rotatable bonds is 2. The number of fused-ring (bicyclic) bond motifs is 1. The van der Waals surface area contributed by atoms with Crippen molar-refractivity contribution in [3.8, 4) is 11.3 Å². The first-order chi connectivity index (χ1) is 14.1. The molecular formula is C24H29ClN3O2+. The van der Waals surface area contributed by atoms with Gasteiger partial charge in [-0.05, 0) is 37.5 Å². The van der Waals surface area contributed by atoms with Crippen LogP contribution in [0, 0.1) is 0 Å². The molecule has 0 bridgehead atoms. The van der Waals surface area contributed by atoms with Crippen LogP contribution in [0.1, 0.15) is 50.7 Å². The summed E-state index contributed by atoms with van der Waals surface area (Å²) >= 11 is 6.05. The van der Waals surface area contributed by atoms with Crippen LogP contribution in [0.4, 0.5) is 0 Å². The SMILES string of the molecule is CC(C)(C)c1cc(-c2ccc(Cl)cc2)nc2cc(C(=O)N3CC[NH2+]CC3(C)C)oc12. The van der Waals surface area contributed by atoms with Gasteiger partial charge in [0.15, 0.2) is 11.3 Å². The number of nitrogens with zero attached hydrogens (tertiary/aromatic N) is 2. The van der Waals surface area contributed by atoms with Gasteiger partial charge in [-0.15, -0.1) is 0 Å². The summed E-state index contributed by atoms with van der Waals surface area (Å²) in [6, 6.07) is 11.5. The molecule has 0 atom stereocenters. The Labute approximate surface area is 182 Å². The summed E-state index contributed by atoms with van der Waals surface area (Å²) in [6.45, 7) is 13.1. The first kappa shape index (κ1) is 20.9. The van der Waals surface area contributed by atoms with E-state index in [9.17, 15) is 4.79 Å². The molecular weight excluding hydrogens is 398 g/mol. The molecule has 158 valence electrons. The van der Waals surface area contributed by atoms with Crippen LogP contribution >= 0.6 is 11.6 Å². The van der Waals surface area contributed by atoms with Gasteiger partial charge in [0, 0.05) is 22.2 Å². The van der Waals surface area contributed by atoms with Crippen molar-refractivity contribution in [1.82, 2.24) is 9.88 Å². The third-order valence-electron chi connectivity index (χ3n) is 5.81. The third-order valence-corrected chi connectivity index (χ3v) is 6.07. The van der Waals surface area contributed by atoms with Crippen LogP contribution in [0.15, 0.2) is 40.8 Å². The number of aromatic nitrogens is 1. The average Bonchev–Trinajstić information content (AvgIpc) is 3.10. The number of piperazine rings is 1. The van der Waals surface area contributed by atoms with Crippen LogP contribution in [0.25, 0.3) is 22.4 Å². The number of amides is 1. The van der Waals surface area contributed by atoms with Crippen molar-refractivity contribution in [1.29, 1.82) is 0 Å². The predicted octanol–water partition coefficient (Wildman–Crippen LogP) is 4.24. The van der Waals surface area contributed by atoms with Crippen molar-refractivity contribution < 1.29 is 14.5 Å². The zero-order valence-electron chi connectivity index (χ0n) is 18.3. The van der Waals surface area contributed by atoms with E-state index in [-0.39, 0.29) is 16.9 Å². The minimum atomic E-state index is -0.219. The summed E-state index contributed by atoms with van der Waals surface area (Å²) in [5.41, 5.74) is 3.86. The van der Waals surface area contributed by atoms with Crippen molar-refractivity contribution in [3.05, 3.63) is 52.7 Å². The number of carbonyl (C=O) groups excluding carboxylic acids is 1. The Bertz CT molecular complexity index is 1090. The Kier molecular flexibility index (Phi) is 5.15. The van der Waals surface area contributed by atoms with E-state index in [1.165, 1.54) is 0 Å². The highest BCUT2D eigenvalue weighted by Crippen LogP contribution is 2.35. The van der Waals surface area contributed by atoms with Crippen molar-refractivity contribution in [3.63, 3.8) is 0 Å². The molecule has 0 unspecified atom stereocenters. The number of quaternary nitrogens is 1. The molecule has 4 rings (SSSR count). The van der Waals surface area contributed by atoms with E-state index in [1.54, 1.807) is 6.07 Å². The molecule has 0 saturated carbocycles. The van der Waals surface area contributed by atoms with Crippen LogP contribution in [-0.2, 0) is 5.41 Å². The van der Waals surface area contributed by atoms with Crippen LogP contribution in [0.3, 0.4) is 0 Å². The fourth-order valence-electron chi connectivity index (χ4n) is 4.05. The molecule has 3 heterocycles. The molecule has 1 aliphatic heterocycles. The molecule has 30 heavy (non-hydrogen) atoms. The van der Waals surface area contributed by atoms with E-state index in [1.807, 2.05) is 29.2 Å². The van der Waals surface area contributed by atoms with E-state index in [2.05, 4.69) is 46.0 Å². The molecule has 2 N–H and O–H groups in total. The van der Waals surface area contributed by atoms with Gasteiger partial charge in [-0.25, -0.2) is 4.98 Å². The molecule has 0 aliphatic carbocycles. The number of carbonyl (C=O) groups is 1. The second-order valence-electron chi connectivity index (χ2n) is 9.69. The standard InChI is InChI=1S/C24H28ClN3O2/c1-23(2,3)17-12-18(15-6-8-16(25)9-7-15)27-19-13-20(30-21(17)19)22(29)28-11-10-26-14-24(28,4)5/h6-9,12-13,26H,10-11,14H2,1-5H3/p+1. The van der Waals surface area contributed by atoms with E-state index in [0.717, 1.165) is 29.9 Å². The fourth-order valence-corrected chi connectivity index (χ4v) is 4.18. The predicted molar refractivity (Wildman–Crippen MR) is 120 cm³/mol. The summed E-state index contributed by atoms with van der Waals surface area (Å²) in [7, 11) is 0. The van der Waals surface area contributed by atoms with Gasteiger partial charge < -0.3 is 14.6 Å². The Morgan fingerprint density at radius 1 is 1.20 bits per heavy atom. The van der Waals surface area contributed by atoms with E-state index >= 15 is 0 Å². The molecule has 2 aromatic heterocycles. The van der Waals surface area contributed by atoms with Crippen molar-refractivity contribution in [2.45, 2.75) is 45.6 Å². The summed E-state index contributed by atoms with van der Waals surface area (Å²) < 4.78 is 6.16. The molecule has 1 aromatic carbocycles. The summed E-state index contributed by atoms with van der Waals surface area (Å²) in [6.07, 6.45) is 0. The third kappa shape index (κ3) is 3.84. The van der Waals surface area contributed by atoms with Crippen molar-refractivity contribution >= 4 is 28.6 Å². The van der Waals surface area contributed by atoms with Gasteiger partial charge in [0.05, 0.1) is 30.9 Å². The van der Waals surface area contributed by atoms with Gasteiger partial charge >= 0.3 is 0 Å². The molecule has 0 spiro atoms. The lowest BCUT2D eigenvalue weighted by Gasteiger charge is -2.39. The first-order valence-electron chi connectivity index (χ1n) is 10.4. The molecule has 0 radical (unpaired) electrons. The molecule has 1 aliphatic rings. The van der Waals surface area contributed by atoms with Crippen molar-refractivity contribution in [2.24, 2.45) is 0 Å². The highest BCUT2D eigenvalue weighted by molar-refractivity contribution is 6.30. The Balaban J connectivity index is 1.83. The number of hydrogen-bond acceptors (Lipinski definition) is 3. The van der Waals surface area contributed by atoms with Crippen LogP contribution in [0.5, 0.6) is 0 Å². The first-order valence-corrected chi connectivity index (χ1v) is 10.8. The monoisotopic (exact) mass is 426 g/mol. The summed E-state index contributed by atoms with van der Waals surface area (Å²) in [4.78, 5) is 20.1. The Morgan fingerprint density at radius 2 is 1.90 bits per heavy atom. The van der Waals surface area contributed by atoms with Gasteiger partial charge in [0.1, 0.15) is 5.52 Å². The van der Waals surface area contributed by atoms with Crippen LogP contribution in [0.2, 0.25) is 5.02 Å². The largest absolute Gasteiger partial charge is 0.449 e. The zero-order valence-corrected chi connectivity index (χ0v) is 19.0. The maximum Gasteiger partial charge on any atom is 0.290 e. The number of benzene rings is 1. The van der Waals surface area contributed by atoms with Crippen LogP contribution in [-0.4, -0.2) is 41.0 Å². The molecule has 1 fully saturated rings. The number of halogens is 1. The van der Waals surface area contributed by atoms with E-state index < -0.39 is 0 Å². The van der Waals surface area contributed by atoms with E-state index in [4.69, 9.17) is 21.0 Å². The maximum atomic E-state index is 13.3. The smallest absolute Gasteiger partial charge is 0.290 e. The number of hydrogen-bond donors (Lipinski definition) is 1. The van der Waals surface area contributed by atoms with Crippen LogP contribution < -0.4 is 5.32 Å². The molecule has 1 saturated heterocycles. The summed E-state index contributed by atoms with van der Waals surface area (Å²) in [5.74, 6) is 0.283. The second kappa shape index (κ2) is 7.40. The quantitative estimate of drug-likeness (QED) is 0.666. The molecule has 5 nitrogen and oxygen atoms in total. The van der Waals surface area contributed by atoms with Gasteiger partial charge in [0.2, 0.25) is 0 Å². The molecule has 6 heteroatoms. The van der Waals surface area contributed by atoms with Crippen molar-refractivity contribution in [2.75, 3.05) is 19.6 Å². The lowest BCUT2D eigenvalue weighted by molar-refractivity contribution is -0.673. The highest BCUT2D eigenvalue weighted by Gasteiger charge is 2.37. The topological polar surface area (TPSA) is 63.0 Å². The normalized spacial score (nSPS) is 16.8. The summed E-state index contributed by atoms with van der Waals surface area (Å²) in [5, 5.41) is 2.94. The van der Waals surface area contributed by atoms with Gasteiger partial charge in [-0.2, -0.15) is 0 Å². The van der Waals surface area contributed by atoms with Gasteiger partial charge in [-0.3, -0.25) is 4.79 Å². The lowest BCUT2D eigenvalue weighted by Crippen LogP contribution is -2.93. The highest BCUT2D eigenvalue weighted by atomic mass is 35.5. The minimum absolute atomic E-state index is 0.0704. The maximum absolute atomic E-state index is 13.3. The second-order valence-corrected chi connectivity index (χ2v) is 10.1. The lowest BCUT2D eigenvalue weighted by atomic mass is 9.86. The fraction of sp³-hybridized carbons (Fsp3) is 0.417. The number of pyridine rings is 1. The minimum Gasteiger partial charge on any atom is -0.449 e. The number of nitrogens with two attached hydrogens (primary N) is 1. The molecule has 1 amide bonds. The Morgan fingerprint density at radius 3 is 2.53 bits per heavy atom. The zero-order chi connectivity index (χ0) is 21.7. The Hall–Kier alpha value is -2.37. The number of furan rings is 1. The molecule has 3 aromatic rings. The van der Waals surface area contributed by atoms with E-state index in [0.29, 0.717) is 28.4 Å².